The first-order chi connectivity index (χ1) is 21.2. The van der Waals surface area contributed by atoms with Gasteiger partial charge in [-0.3, -0.25) is 9.59 Å². The van der Waals surface area contributed by atoms with E-state index in [0.29, 0.717) is 22.4 Å². The van der Waals surface area contributed by atoms with Crippen LogP contribution in [0, 0.1) is 5.82 Å². The number of aliphatic hydroxyl groups excluding tert-OH is 1. The highest BCUT2D eigenvalue weighted by Crippen LogP contribution is 2.48. The van der Waals surface area contributed by atoms with Crippen molar-refractivity contribution in [3.05, 3.63) is 126 Å². The number of carbonyl (C=O) groups excluding carboxylic acids is 2. The number of anilines is 1. The number of aliphatic hydroxyl groups is 1. The van der Waals surface area contributed by atoms with E-state index >= 15 is 0 Å². The Kier molecular flexibility index (Phi) is 9.47. The van der Waals surface area contributed by atoms with Crippen molar-refractivity contribution >= 4 is 35.2 Å². The monoisotopic (exact) mass is 616 g/mol. The Morgan fingerprint density at radius 2 is 1.59 bits per heavy atom. The van der Waals surface area contributed by atoms with Gasteiger partial charge in [-0.2, -0.15) is 0 Å². The molecule has 0 bridgehead atoms. The zero-order chi connectivity index (χ0) is 31.2. The molecule has 1 aliphatic rings. The molecule has 0 radical (unpaired) electrons. The summed E-state index contributed by atoms with van der Waals surface area (Å²) in [6, 6.07) is 25.4. The van der Waals surface area contributed by atoms with E-state index in [0.717, 1.165) is 0 Å². The molecule has 1 aliphatic heterocycles. The van der Waals surface area contributed by atoms with Crippen molar-refractivity contribution in [1.29, 1.82) is 0 Å². The fourth-order valence-corrected chi connectivity index (χ4v) is 6.22. The first-order valence-electron chi connectivity index (χ1n) is 13.7. The number of nitrogens with zero attached hydrogens (tertiary/aromatic N) is 1. The molecule has 0 aliphatic carbocycles. The molecule has 0 saturated carbocycles. The summed E-state index contributed by atoms with van der Waals surface area (Å²) in [6.45, 7) is -0.493. The number of thioether (sulfide) groups is 1. The van der Waals surface area contributed by atoms with Crippen LogP contribution in [0.1, 0.15) is 34.9 Å². The zero-order valence-corrected chi connectivity index (χ0v) is 24.1. The van der Waals surface area contributed by atoms with Crippen LogP contribution in [0.3, 0.4) is 0 Å². The van der Waals surface area contributed by atoms with Crippen LogP contribution in [0.25, 0.3) is 0 Å². The Labute approximate surface area is 256 Å². The summed E-state index contributed by atoms with van der Waals surface area (Å²) in [7, 11) is 0. The van der Waals surface area contributed by atoms with Gasteiger partial charge in [0.1, 0.15) is 22.6 Å². The summed E-state index contributed by atoms with van der Waals surface area (Å²) in [5, 5.41) is 33.0. The van der Waals surface area contributed by atoms with E-state index in [1.807, 2.05) is 6.07 Å². The van der Waals surface area contributed by atoms with Gasteiger partial charge in [-0.1, -0.05) is 60.7 Å². The Morgan fingerprint density at radius 1 is 0.932 bits per heavy atom. The zero-order valence-electron chi connectivity index (χ0n) is 23.2. The standard InChI is InChI=1S/C33H29FN2O7S/c34-22-13-11-20(12-14-22)27(38)19-44-31-30(36(32(31)40)23-9-5-2-6-10-23)25-16-15-24(17-26(25)37)43-18-28(39)35-29(33(41)42)21-7-3-1-4-8-21/h1-17,27,29-31,37-38H,18-19H2,(H,35,39)(H,41,42)/t27-,29+,30+,31+/m0/s1. The van der Waals surface area contributed by atoms with E-state index in [2.05, 4.69) is 5.32 Å². The van der Waals surface area contributed by atoms with Crippen molar-refractivity contribution < 1.29 is 38.8 Å². The van der Waals surface area contributed by atoms with Crippen molar-refractivity contribution in [3.63, 3.8) is 0 Å². The number of rotatable bonds is 12. The number of phenolic OH excluding ortho intramolecular Hbond substituents is 1. The molecule has 0 unspecified atom stereocenters. The number of hydrogen-bond donors (Lipinski definition) is 4. The number of amides is 2. The van der Waals surface area contributed by atoms with Crippen LogP contribution >= 0.6 is 11.8 Å². The van der Waals surface area contributed by atoms with Gasteiger partial charge >= 0.3 is 5.97 Å². The topological polar surface area (TPSA) is 136 Å². The van der Waals surface area contributed by atoms with Gasteiger partial charge in [0, 0.05) is 23.1 Å². The Bertz CT molecular complexity index is 1620. The largest absolute Gasteiger partial charge is 0.507 e. The molecule has 0 aromatic heterocycles. The molecule has 0 spiro atoms. The summed E-state index contributed by atoms with van der Waals surface area (Å²) in [5.41, 5.74) is 2.01. The van der Waals surface area contributed by atoms with E-state index in [1.54, 1.807) is 71.6 Å². The number of carboxylic acid groups (broad SMARTS) is 1. The summed E-state index contributed by atoms with van der Waals surface area (Å²) in [6.07, 6.45) is -0.932. The molecule has 1 saturated heterocycles. The fraction of sp³-hybridized carbons (Fsp3) is 0.182. The third kappa shape index (κ3) is 6.85. The van der Waals surface area contributed by atoms with Crippen LogP contribution in [0.4, 0.5) is 10.1 Å². The number of β-lactam (4-membered cyclic amide) rings is 1. The second-order valence-corrected chi connectivity index (χ2v) is 11.2. The third-order valence-corrected chi connectivity index (χ3v) is 8.47. The van der Waals surface area contributed by atoms with Crippen LogP contribution in [-0.4, -0.2) is 50.7 Å². The van der Waals surface area contributed by atoms with Crippen molar-refractivity contribution in [2.45, 2.75) is 23.4 Å². The maximum absolute atomic E-state index is 13.3. The molecule has 1 fully saturated rings. The molecule has 5 rings (SSSR count). The van der Waals surface area contributed by atoms with Crippen LogP contribution in [0.15, 0.2) is 103 Å². The Hall–Kier alpha value is -4.87. The number of hydrogen-bond acceptors (Lipinski definition) is 7. The SMILES string of the molecule is O=C(COc1ccc([C@@H]2[C@@H](SC[C@H](O)c3ccc(F)cc3)C(=O)N2c2ccccc2)c(O)c1)N[C@@H](C(=O)O)c1ccccc1. The van der Waals surface area contributed by atoms with Gasteiger partial charge in [0.15, 0.2) is 12.6 Å². The second kappa shape index (κ2) is 13.6. The summed E-state index contributed by atoms with van der Waals surface area (Å²) < 4.78 is 18.8. The fourth-order valence-electron chi connectivity index (χ4n) is 4.93. The molecular formula is C33H29FN2O7S. The smallest absolute Gasteiger partial charge is 0.330 e. The molecule has 2 amide bonds. The van der Waals surface area contributed by atoms with Crippen LogP contribution in [0.5, 0.6) is 11.5 Å². The van der Waals surface area contributed by atoms with E-state index in [-0.39, 0.29) is 23.2 Å². The first kappa shape index (κ1) is 30.6. The maximum Gasteiger partial charge on any atom is 0.330 e. The molecule has 4 N–H and O–H groups in total. The average Bonchev–Trinajstić information content (AvgIpc) is 3.03. The number of para-hydroxylation sites is 1. The lowest BCUT2D eigenvalue weighted by molar-refractivity contribution is -0.142. The maximum atomic E-state index is 13.3. The van der Waals surface area contributed by atoms with Crippen molar-refractivity contribution in [1.82, 2.24) is 5.32 Å². The van der Waals surface area contributed by atoms with E-state index in [1.165, 1.54) is 42.1 Å². The van der Waals surface area contributed by atoms with Crippen molar-refractivity contribution in [2.75, 3.05) is 17.3 Å². The lowest BCUT2D eigenvalue weighted by Gasteiger charge is -2.47. The summed E-state index contributed by atoms with van der Waals surface area (Å²) in [4.78, 5) is 39.1. The number of aliphatic carboxylic acids is 1. The molecular weight excluding hydrogens is 587 g/mol. The highest BCUT2D eigenvalue weighted by Gasteiger charge is 2.50. The van der Waals surface area contributed by atoms with Crippen LogP contribution < -0.4 is 15.0 Å². The number of aromatic hydroxyl groups is 1. The third-order valence-electron chi connectivity index (χ3n) is 7.14. The molecule has 11 heteroatoms. The second-order valence-electron chi connectivity index (χ2n) is 10.1. The first-order valence-corrected chi connectivity index (χ1v) is 14.7. The highest BCUT2D eigenvalue weighted by molar-refractivity contribution is 8.00. The van der Waals surface area contributed by atoms with Gasteiger partial charge in [-0.05, 0) is 47.5 Å². The van der Waals surface area contributed by atoms with Gasteiger partial charge in [-0.25, -0.2) is 9.18 Å². The number of halogens is 1. The number of carboxylic acids is 1. The van der Waals surface area contributed by atoms with Gasteiger partial charge in [0.25, 0.3) is 5.91 Å². The van der Waals surface area contributed by atoms with Crippen molar-refractivity contribution in [2.24, 2.45) is 0 Å². The number of carbonyl (C=O) groups is 3. The van der Waals surface area contributed by atoms with Gasteiger partial charge in [0.05, 0.1) is 12.1 Å². The minimum atomic E-state index is -1.25. The van der Waals surface area contributed by atoms with Gasteiger partial charge in [-0.15, -0.1) is 11.8 Å². The lowest BCUT2D eigenvalue weighted by Crippen LogP contribution is -2.57. The average molecular weight is 617 g/mol. The number of phenols is 1. The molecule has 1 heterocycles. The van der Waals surface area contributed by atoms with E-state index in [4.69, 9.17) is 4.74 Å². The minimum Gasteiger partial charge on any atom is -0.507 e. The number of ether oxygens (including phenoxy) is 1. The molecule has 9 nitrogen and oxygen atoms in total. The quantitative estimate of drug-likeness (QED) is 0.167. The molecule has 226 valence electrons. The molecule has 44 heavy (non-hydrogen) atoms. The predicted molar refractivity (Wildman–Crippen MR) is 163 cm³/mol. The van der Waals surface area contributed by atoms with Gasteiger partial charge < -0.3 is 30.3 Å². The number of benzene rings is 4. The summed E-state index contributed by atoms with van der Waals surface area (Å²) in [5.74, 6) is -2.33. The Balaban J connectivity index is 1.28. The van der Waals surface area contributed by atoms with Crippen LogP contribution in [0.2, 0.25) is 0 Å². The van der Waals surface area contributed by atoms with Gasteiger partial charge in [0.2, 0.25) is 5.91 Å². The molecule has 4 aromatic carbocycles. The lowest BCUT2D eigenvalue weighted by atomic mass is 9.91. The summed E-state index contributed by atoms with van der Waals surface area (Å²) >= 11 is 1.23. The predicted octanol–water partition coefficient (Wildman–Crippen LogP) is 4.78. The minimum absolute atomic E-state index is 0.165. The van der Waals surface area contributed by atoms with E-state index in [9.17, 15) is 34.1 Å². The van der Waals surface area contributed by atoms with Crippen LogP contribution in [-0.2, 0) is 14.4 Å². The Morgan fingerprint density at radius 3 is 2.23 bits per heavy atom. The number of nitrogens with one attached hydrogen (secondary N) is 1. The van der Waals surface area contributed by atoms with Crippen molar-refractivity contribution in [3.8, 4) is 11.5 Å². The van der Waals surface area contributed by atoms with E-state index < -0.39 is 47.7 Å². The molecule has 4 aromatic rings. The normalized spacial score (nSPS) is 17.3. The molecule has 4 atom stereocenters. The highest BCUT2D eigenvalue weighted by atomic mass is 32.2.